The molecular weight excluding hydrogens is 348 g/mol. The van der Waals surface area contributed by atoms with E-state index >= 15 is 0 Å². The number of nitrogens with one attached hydrogen (secondary N) is 1. The second-order valence-corrected chi connectivity index (χ2v) is 5.34. The Balaban J connectivity index is 0.00000225. The summed E-state index contributed by atoms with van der Waals surface area (Å²) in [7, 11) is 1.56. The third-order valence-electron chi connectivity index (χ3n) is 3.87. The Morgan fingerprint density at radius 1 is 1.16 bits per heavy atom. The van der Waals surface area contributed by atoms with Gasteiger partial charge in [-0.05, 0) is 18.2 Å². The molecule has 0 unspecified atom stereocenters. The van der Waals surface area contributed by atoms with Gasteiger partial charge in [0.05, 0.1) is 31.2 Å². The average Bonchev–Trinajstić information content (AvgIpc) is 2.61. The van der Waals surface area contributed by atoms with Crippen molar-refractivity contribution in [3.63, 3.8) is 0 Å². The summed E-state index contributed by atoms with van der Waals surface area (Å²) in [4.78, 5) is 17.9. The number of ether oxygens (including phenoxy) is 1. The lowest BCUT2D eigenvalue weighted by atomic mass is 10.2. The van der Waals surface area contributed by atoms with Crippen molar-refractivity contribution in [3.05, 3.63) is 40.7 Å². The van der Waals surface area contributed by atoms with E-state index in [2.05, 4.69) is 10.1 Å². The topological polar surface area (TPSA) is 101 Å². The molecule has 0 saturated heterocycles. The molecule has 3 N–H and O–H groups in total. The van der Waals surface area contributed by atoms with Crippen molar-refractivity contribution in [2.45, 2.75) is 0 Å². The molecule has 0 bridgehead atoms. The quantitative estimate of drug-likeness (QED) is 0.382. The molecule has 2 heterocycles. The molecule has 1 aromatic carbocycles. The second-order valence-electron chi connectivity index (χ2n) is 5.34. The van der Waals surface area contributed by atoms with Crippen LogP contribution in [0.3, 0.4) is 0 Å². The number of rotatable bonds is 6. The molecule has 0 aliphatic rings. The molecular formula is C16H19ClN4O4. The van der Waals surface area contributed by atoms with Crippen LogP contribution < -0.4 is 27.6 Å². The number of aromatic nitrogens is 3. The molecule has 0 fully saturated rings. The van der Waals surface area contributed by atoms with E-state index in [-0.39, 0.29) is 31.2 Å². The zero-order valence-corrected chi connectivity index (χ0v) is 14.4. The van der Waals surface area contributed by atoms with E-state index in [9.17, 15) is 4.79 Å². The molecule has 9 heteroatoms. The first-order valence-corrected chi connectivity index (χ1v) is 7.62. The van der Waals surface area contributed by atoms with Crippen molar-refractivity contribution in [3.8, 4) is 5.75 Å². The largest absolute Gasteiger partial charge is 1.00 e. The highest BCUT2D eigenvalue weighted by Gasteiger charge is 2.15. The van der Waals surface area contributed by atoms with Crippen molar-refractivity contribution >= 4 is 22.4 Å². The molecule has 8 nitrogen and oxygen atoms in total. The van der Waals surface area contributed by atoms with Crippen LogP contribution in [0.25, 0.3) is 16.6 Å². The SMILES string of the molecule is COc1ccc2c(=O)n3nc([NH+](CCO)CCO)ccc3nc2c1.[Cl-]. The molecule has 0 spiro atoms. The maximum atomic E-state index is 12.7. The van der Waals surface area contributed by atoms with Gasteiger partial charge in [-0.2, -0.15) is 4.52 Å². The fourth-order valence-corrected chi connectivity index (χ4v) is 2.64. The minimum Gasteiger partial charge on any atom is -1.00 e. The first kappa shape index (κ1) is 19.1. The average molecular weight is 367 g/mol. The van der Waals surface area contributed by atoms with Gasteiger partial charge < -0.3 is 27.4 Å². The molecule has 3 rings (SSSR count). The van der Waals surface area contributed by atoms with Gasteiger partial charge in [-0.15, -0.1) is 5.10 Å². The summed E-state index contributed by atoms with van der Waals surface area (Å²) in [5.74, 6) is 1.20. The van der Waals surface area contributed by atoms with Crippen LogP contribution >= 0.6 is 0 Å². The molecule has 0 radical (unpaired) electrons. The summed E-state index contributed by atoms with van der Waals surface area (Å²) < 4.78 is 6.41. The number of quaternary nitrogens is 1. The van der Waals surface area contributed by atoms with Gasteiger partial charge in [0, 0.05) is 12.1 Å². The molecule has 3 aromatic rings. The van der Waals surface area contributed by atoms with E-state index in [1.54, 1.807) is 37.4 Å². The lowest BCUT2D eigenvalue weighted by molar-refractivity contribution is -0.836. The van der Waals surface area contributed by atoms with Crippen LogP contribution in [0.5, 0.6) is 5.75 Å². The van der Waals surface area contributed by atoms with Crippen molar-refractivity contribution in [1.82, 2.24) is 14.6 Å². The van der Waals surface area contributed by atoms with Crippen molar-refractivity contribution in [2.24, 2.45) is 0 Å². The van der Waals surface area contributed by atoms with Crippen molar-refractivity contribution < 1.29 is 32.3 Å². The van der Waals surface area contributed by atoms with Gasteiger partial charge >= 0.3 is 0 Å². The van der Waals surface area contributed by atoms with Gasteiger partial charge in [0.15, 0.2) is 5.65 Å². The molecule has 134 valence electrons. The second kappa shape index (κ2) is 8.21. The summed E-state index contributed by atoms with van der Waals surface area (Å²) in [6.07, 6.45) is 0. The van der Waals surface area contributed by atoms with Gasteiger partial charge in [-0.3, -0.25) is 9.69 Å². The van der Waals surface area contributed by atoms with Crippen molar-refractivity contribution in [1.29, 1.82) is 0 Å². The molecule has 25 heavy (non-hydrogen) atoms. The summed E-state index contributed by atoms with van der Waals surface area (Å²) in [5, 5.41) is 23.1. The fourth-order valence-electron chi connectivity index (χ4n) is 2.64. The Kier molecular flexibility index (Phi) is 6.27. The van der Waals surface area contributed by atoms with Gasteiger partial charge in [-0.1, -0.05) is 0 Å². The Morgan fingerprint density at radius 3 is 2.52 bits per heavy atom. The molecule has 0 amide bonds. The van der Waals surface area contributed by atoms with E-state index in [1.165, 1.54) is 4.52 Å². The third kappa shape index (κ3) is 3.72. The molecule has 0 saturated carbocycles. The summed E-state index contributed by atoms with van der Waals surface area (Å²) in [5.41, 5.74) is 0.701. The monoisotopic (exact) mass is 366 g/mol. The van der Waals surface area contributed by atoms with Crippen LogP contribution in [0.2, 0.25) is 0 Å². The summed E-state index contributed by atoms with van der Waals surface area (Å²) >= 11 is 0. The lowest BCUT2D eigenvalue weighted by Gasteiger charge is -2.15. The van der Waals surface area contributed by atoms with E-state index in [0.29, 0.717) is 41.2 Å². The first-order chi connectivity index (χ1) is 11.7. The summed E-state index contributed by atoms with van der Waals surface area (Å²) in [6.45, 7) is 0.706. The van der Waals surface area contributed by atoms with Gasteiger partial charge in [0.1, 0.15) is 18.8 Å². The predicted molar refractivity (Wildman–Crippen MR) is 87.8 cm³/mol. The Hall–Kier alpha value is -2.26. The van der Waals surface area contributed by atoms with Gasteiger partial charge in [-0.25, -0.2) is 4.98 Å². The zero-order chi connectivity index (χ0) is 17.1. The number of hydrogen-bond acceptors (Lipinski definition) is 6. The molecule has 0 aliphatic carbocycles. The highest BCUT2D eigenvalue weighted by atomic mass is 35.5. The molecule has 0 aliphatic heterocycles. The number of aliphatic hydroxyl groups excluding tert-OH is 2. The number of aliphatic hydroxyl groups is 2. The van der Waals surface area contributed by atoms with E-state index < -0.39 is 0 Å². The number of halogens is 1. The van der Waals surface area contributed by atoms with Crippen LogP contribution in [0.15, 0.2) is 35.1 Å². The summed E-state index contributed by atoms with van der Waals surface area (Å²) in [6, 6.07) is 8.53. The van der Waals surface area contributed by atoms with Crippen molar-refractivity contribution in [2.75, 3.05) is 33.4 Å². The third-order valence-corrected chi connectivity index (χ3v) is 3.87. The van der Waals surface area contributed by atoms with Crippen LogP contribution in [0, 0.1) is 0 Å². The van der Waals surface area contributed by atoms with Crippen LogP contribution in [0.1, 0.15) is 0 Å². The Morgan fingerprint density at radius 2 is 1.88 bits per heavy atom. The van der Waals surface area contributed by atoms with Gasteiger partial charge in [0.25, 0.3) is 5.56 Å². The van der Waals surface area contributed by atoms with E-state index in [1.807, 2.05) is 0 Å². The number of methoxy groups -OCH3 is 1. The maximum absolute atomic E-state index is 12.7. The normalized spacial score (nSPS) is 11.0. The Bertz CT molecular complexity index is 925. The van der Waals surface area contributed by atoms with Crippen LogP contribution in [-0.4, -0.2) is 58.2 Å². The number of hydrogen-bond donors (Lipinski definition) is 3. The van der Waals surface area contributed by atoms with Gasteiger partial charge in [0.2, 0.25) is 5.82 Å². The molecule has 0 atom stereocenters. The number of benzene rings is 1. The lowest BCUT2D eigenvalue weighted by Crippen LogP contribution is -3.08. The molecule has 2 aromatic heterocycles. The van der Waals surface area contributed by atoms with Crippen LogP contribution in [0.4, 0.5) is 5.82 Å². The maximum Gasteiger partial charge on any atom is 0.282 e. The first-order valence-electron chi connectivity index (χ1n) is 7.62. The van der Waals surface area contributed by atoms with E-state index in [4.69, 9.17) is 14.9 Å². The minimum atomic E-state index is -0.271. The van der Waals surface area contributed by atoms with E-state index in [0.717, 1.165) is 4.90 Å². The number of nitrogens with zero attached hydrogens (tertiary/aromatic N) is 3. The van der Waals surface area contributed by atoms with Crippen LogP contribution in [-0.2, 0) is 0 Å². The standard InChI is InChI=1S/C16H18N4O4.ClH/c1-24-11-2-3-12-13(10-11)17-14-4-5-15(18-20(14)16(12)23)19(6-8-21)7-9-22;/h2-5,10,21-22H,6-9H2,1H3;1H. The zero-order valence-electron chi connectivity index (χ0n) is 13.6. The smallest absolute Gasteiger partial charge is 0.282 e. The fraction of sp³-hybridized carbons (Fsp3) is 0.312. The highest BCUT2D eigenvalue weighted by Crippen LogP contribution is 2.17. The minimum absolute atomic E-state index is 0. The Labute approximate surface area is 149 Å². The highest BCUT2D eigenvalue weighted by molar-refractivity contribution is 5.80. The predicted octanol–water partition coefficient (Wildman–Crippen LogP) is -4.24. The number of fused-ring (bicyclic) bond motifs is 2.